The highest BCUT2D eigenvalue weighted by Crippen LogP contribution is 2.18. The molecular formula is C11H22N4O3S. The van der Waals surface area contributed by atoms with E-state index < -0.39 is 14.6 Å². The van der Waals surface area contributed by atoms with Crippen LogP contribution in [0.4, 0.5) is 6.01 Å². The summed E-state index contributed by atoms with van der Waals surface area (Å²) in [6, 6.07) is 0.201. The lowest BCUT2D eigenvalue weighted by Gasteiger charge is -2.21. The van der Waals surface area contributed by atoms with E-state index in [-0.39, 0.29) is 18.6 Å². The summed E-state index contributed by atoms with van der Waals surface area (Å²) in [6.45, 7) is 8.21. The van der Waals surface area contributed by atoms with Gasteiger partial charge in [-0.15, -0.1) is 5.10 Å². The maximum Gasteiger partial charge on any atom is 0.315 e. The molecule has 0 fully saturated rings. The molecule has 1 rings (SSSR count). The van der Waals surface area contributed by atoms with Crippen molar-refractivity contribution in [2.45, 2.75) is 38.5 Å². The highest BCUT2D eigenvalue weighted by atomic mass is 32.2. The van der Waals surface area contributed by atoms with Gasteiger partial charge in [0.15, 0.2) is 9.84 Å². The fourth-order valence-electron chi connectivity index (χ4n) is 1.29. The SMILES string of the molecule is CCNC(C)c1nnc(NCC(C)(C)S(C)(=O)=O)o1. The molecule has 0 radical (unpaired) electrons. The fourth-order valence-corrected chi connectivity index (χ4v) is 1.63. The standard InChI is InChI=1S/C11H22N4O3S/c1-6-12-8(2)9-14-15-10(18-9)13-7-11(3,4)19(5,16)17/h8,12H,6-7H2,1-5H3,(H,13,15). The molecule has 0 saturated carbocycles. The van der Waals surface area contributed by atoms with Gasteiger partial charge in [-0.3, -0.25) is 0 Å². The average molecular weight is 290 g/mol. The molecule has 110 valence electrons. The van der Waals surface area contributed by atoms with E-state index in [9.17, 15) is 8.42 Å². The number of rotatable bonds is 7. The van der Waals surface area contributed by atoms with Crippen LogP contribution in [-0.4, -0.2) is 42.7 Å². The first kappa shape index (κ1) is 15.9. The molecule has 0 bridgehead atoms. The van der Waals surface area contributed by atoms with Gasteiger partial charge in [0, 0.05) is 12.8 Å². The van der Waals surface area contributed by atoms with Crippen molar-refractivity contribution < 1.29 is 12.8 Å². The Labute approximate surface area is 114 Å². The van der Waals surface area contributed by atoms with Gasteiger partial charge < -0.3 is 15.1 Å². The lowest BCUT2D eigenvalue weighted by atomic mass is 10.2. The lowest BCUT2D eigenvalue weighted by Crippen LogP contribution is -2.38. The van der Waals surface area contributed by atoms with Gasteiger partial charge in [0.2, 0.25) is 5.89 Å². The summed E-state index contributed by atoms with van der Waals surface area (Å²) in [4.78, 5) is 0. The second-order valence-electron chi connectivity index (χ2n) is 5.11. The summed E-state index contributed by atoms with van der Waals surface area (Å²) in [7, 11) is -3.16. The number of aromatic nitrogens is 2. The topological polar surface area (TPSA) is 97.1 Å². The Morgan fingerprint density at radius 1 is 1.37 bits per heavy atom. The predicted molar refractivity (Wildman–Crippen MR) is 73.8 cm³/mol. The summed E-state index contributed by atoms with van der Waals surface area (Å²) in [5.41, 5.74) is 0. The summed E-state index contributed by atoms with van der Waals surface area (Å²) < 4.78 is 27.6. The quantitative estimate of drug-likeness (QED) is 0.772. The van der Waals surface area contributed by atoms with Crippen molar-refractivity contribution in [3.05, 3.63) is 5.89 Å². The first-order chi connectivity index (χ1) is 8.67. The van der Waals surface area contributed by atoms with Crippen LogP contribution in [0, 0.1) is 0 Å². The minimum absolute atomic E-state index is 0.0315. The molecule has 0 aromatic carbocycles. The van der Waals surface area contributed by atoms with Gasteiger partial charge in [-0.25, -0.2) is 8.42 Å². The van der Waals surface area contributed by atoms with Crippen LogP contribution in [0.1, 0.15) is 39.6 Å². The summed E-state index contributed by atoms with van der Waals surface area (Å²) in [5, 5.41) is 13.8. The largest absolute Gasteiger partial charge is 0.406 e. The Morgan fingerprint density at radius 3 is 2.53 bits per heavy atom. The first-order valence-corrected chi connectivity index (χ1v) is 8.07. The maximum atomic E-state index is 11.6. The summed E-state index contributed by atoms with van der Waals surface area (Å²) in [5.74, 6) is 0.474. The Kier molecular flexibility index (Phi) is 4.92. The molecule has 0 amide bonds. The van der Waals surface area contributed by atoms with Crippen LogP contribution in [0.5, 0.6) is 0 Å². The van der Waals surface area contributed by atoms with E-state index in [1.807, 2.05) is 13.8 Å². The molecular weight excluding hydrogens is 268 g/mol. The summed E-state index contributed by atoms with van der Waals surface area (Å²) in [6.07, 6.45) is 1.21. The van der Waals surface area contributed by atoms with Gasteiger partial charge >= 0.3 is 6.01 Å². The molecule has 1 unspecified atom stereocenters. The van der Waals surface area contributed by atoms with Crippen LogP contribution in [-0.2, 0) is 9.84 Å². The Morgan fingerprint density at radius 2 is 2.00 bits per heavy atom. The van der Waals surface area contributed by atoms with Gasteiger partial charge in [-0.1, -0.05) is 12.0 Å². The zero-order chi connectivity index (χ0) is 14.7. The van der Waals surface area contributed by atoms with Crippen LogP contribution in [0.3, 0.4) is 0 Å². The predicted octanol–water partition coefficient (Wildman–Crippen LogP) is 0.975. The number of nitrogens with one attached hydrogen (secondary N) is 2. The molecule has 19 heavy (non-hydrogen) atoms. The van der Waals surface area contributed by atoms with Crippen LogP contribution in [0.15, 0.2) is 4.42 Å². The molecule has 0 spiro atoms. The third-order valence-electron chi connectivity index (χ3n) is 2.99. The van der Waals surface area contributed by atoms with Gasteiger partial charge in [0.05, 0.1) is 10.8 Å². The van der Waals surface area contributed by atoms with Gasteiger partial charge in [-0.05, 0) is 27.3 Å². The van der Waals surface area contributed by atoms with E-state index in [2.05, 4.69) is 20.8 Å². The highest BCUT2D eigenvalue weighted by Gasteiger charge is 2.30. The van der Waals surface area contributed by atoms with Crippen molar-refractivity contribution in [2.75, 3.05) is 24.7 Å². The average Bonchev–Trinajstić information content (AvgIpc) is 2.74. The van der Waals surface area contributed by atoms with Crippen molar-refractivity contribution >= 4 is 15.9 Å². The van der Waals surface area contributed by atoms with Crippen LogP contribution in [0.2, 0.25) is 0 Å². The molecule has 1 aromatic rings. The highest BCUT2D eigenvalue weighted by molar-refractivity contribution is 7.92. The van der Waals surface area contributed by atoms with E-state index in [0.29, 0.717) is 5.89 Å². The molecule has 0 aliphatic carbocycles. The summed E-state index contributed by atoms with van der Waals surface area (Å²) >= 11 is 0. The molecule has 1 aromatic heterocycles. The Balaban J connectivity index is 2.65. The van der Waals surface area contributed by atoms with Crippen LogP contribution < -0.4 is 10.6 Å². The number of sulfone groups is 1. The van der Waals surface area contributed by atoms with E-state index in [1.165, 1.54) is 6.26 Å². The molecule has 0 aliphatic rings. The normalized spacial score (nSPS) is 14.4. The third-order valence-corrected chi connectivity index (χ3v) is 5.14. The molecule has 2 N–H and O–H groups in total. The lowest BCUT2D eigenvalue weighted by molar-refractivity contribution is 0.427. The second kappa shape index (κ2) is 5.87. The van der Waals surface area contributed by atoms with E-state index in [1.54, 1.807) is 13.8 Å². The number of hydrogen-bond donors (Lipinski definition) is 2. The van der Waals surface area contributed by atoms with Gasteiger partial charge in [0.25, 0.3) is 0 Å². The minimum atomic E-state index is -3.16. The fraction of sp³-hybridized carbons (Fsp3) is 0.818. The zero-order valence-electron chi connectivity index (χ0n) is 12.0. The number of hydrogen-bond acceptors (Lipinski definition) is 7. The molecule has 1 heterocycles. The van der Waals surface area contributed by atoms with Crippen LogP contribution in [0.25, 0.3) is 0 Å². The van der Waals surface area contributed by atoms with Crippen molar-refractivity contribution in [1.29, 1.82) is 0 Å². The minimum Gasteiger partial charge on any atom is -0.406 e. The van der Waals surface area contributed by atoms with Crippen LogP contribution >= 0.6 is 0 Å². The molecule has 0 saturated heterocycles. The smallest absolute Gasteiger partial charge is 0.315 e. The van der Waals surface area contributed by atoms with Gasteiger partial charge in [0.1, 0.15) is 0 Å². The van der Waals surface area contributed by atoms with Gasteiger partial charge in [-0.2, -0.15) is 0 Å². The second-order valence-corrected chi connectivity index (χ2v) is 7.76. The Hall–Kier alpha value is -1.15. The van der Waals surface area contributed by atoms with Crippen molar-refractivity contribution in [3.63, 3.8) is 0 Å². The van der Waals surface area contributed by atoms with E-state index in [4.69, 9.17) is 4.42 Å². The molecule has 8 heteroatoms. The maximum absolute atomic E-state index is 11.6. The molecule has 7 nitrogen and oxygen atoms in total. The third kappa shape index (κ3) is 4.17. The Bertz CT molecular complexity index is 510. The number of anilines is 1. The number of nitrogens with zero attached hydrogens (tertiary/aromatic N) is 2. The molecule has 1 atom stereocenters. The van der Waals surface area contributed by atoms with E-state index in [0.717, 1.165) is 6.54 Å². The van der Waals surface area contributed by atoms with Crippen molar-refractivity contribution in [1.82, 2.24) is 15.5 Å². The zero-order valence-corrected chi connectivity index (χ0v) is 12.8. The first-order valence-electron chi connectivity index (χ1n) is 6.17. The van der Waals surface area contributed by atoms with Crippen molar-refractivity contribution in [2.24, 2.45) is 0 Å². The van der Waals surface area contributed by atoms with E-state index >= 15 is 0 Å². The monoisotopic (exact) mass is 290 g/mol. The molecule has 0 aliphatic heterocycles. The van der Waals surface area contributed by atoms with Crippen molar-refractivity contribution in [3.8, 4) is 0 Å².